The lowest BCUT2D eigenvalue weighted by atomic mass is 10.2. The Morgan fingerprint density at radius 3 is 2.60 bits per heavy atom. The molecule has 25 heavy (non-hydrogen) atoms. The summed E-state index contributed by atoms with van der Waals surface area (Å²) >= 11 is 0. The molecule has 0 amide bonds. The molecule has 0 spiro atoms. The van der Waals surface area contributed by atoms with Crippen LogP contribution in [-0.2, 0) is 6.54 Å². The second kappa shape index (κ2) is 6.56. The van der Waals surface area contributed by atoms with Crippen LogP contribution in [0.2, 0.25) is 0 Å². The number of aromatic nitrogens is 4. The zero-order valence-electron chi connectivity index (χ0n) is 13.5. The first kappa shape index (κ1) is 15.1. The van der Waals surface area contributed by atoms with Gasteiger partial charge in [0.2, 0.25) is 0 Å². The van der Waals surface area contributed by atoms with Gasteiger partial charge < -0.3 is 13.9 Å². The van der Waals surface area contributed by atoms with Crippen molar-refractivity contribution in [3.05, 3.63) is 66.7 Å². The molecule has 7 heteroatoms. The van der Waals surface area contributed by atoms with Gasteiger partial charge in [0.15, 0.2) is 5.76 Å². The Balaban J connectivity index is 1.49. The number of rotatable bonds is 5. The van der Waals surface area contributed by atoms with E-state index < -0.39 is 0 Å². The molecule has 0 radical (unpaired) electrons. The molecule has 0 aliphatic carbocycles. The number of hydrogen-bond acceptors (Lipinski definition) is 7. The summed E-state index contributed by atoms with van der Waals surface area (Å²) in [7, 11) is 1.87. The van der Waals surface area contributed by atoms with Gasteiger partial charge in [0, 0.05) is 36.6 Å². The first-order valence-electron chi connectivity index (χ1n) is 7.76. The number of nitrogens with zero attached hydrogens (tertiary/aromatic N) is 5. The van der Waals surface area contributed by atoms with Crippen LogP contribution in [0.3, 0.4) is 0 Å². The zero-order valence-corrected chi connectivity index (χ0v) is 13.5. The van der Waals surface area contributed by atoms with Gasteiger partial charge in [-0.05, 0) is 29.4 Å². The van der Waals surface area contributed by atoms with Crippen molar-refractivity contribution in [2.24, 2.45) is 0 Å². The third-order valence-electron chi connectivity index (χ3n) is 3.69. The predicted molar refractivity (Wildman–Crippen MR) is 91.6 cm³/mol. The van der Waals surface area contributed by atoms with E-state index in [2.05, 4.69) is 20.3 Å². The Morgan fingerprint density at radius 1 is 0.960 bits per heavy atom. The van der Waals surface area contributed by atoms with E-state index >= 15 is 0 Å². The Labute approximate surface area is 143 Å². The first-order chi connectivity index (χ1) is 12.3. The van der Waals surface area contributed by atoms with Crippen LogP contribution in [0, 0.1) is 0 Å². The van der Waals surface area contributed by atoms with E-state index in [1.54, 1.807) is 12.4 Å². The second-order valence-electron chi connectivity index (χ2n) is 5.54. The van der Waals surface area contributed by atoms with Gasteiger partial charge in [-0.1, -0.05) is 23.4 Å². The molecule has 0 saturated carbocycles. The molecule has 0 aliphatic heterocycles. The molecular weight excluding hydrogens is 318 g/mol. The Hall–Kier alpha value is -3.48. The van der Waals surface area contributed by atoms with Crippen molar-refractivity contribution < 1.29 is 9.05 Å². The summed E-state index contributed by atoms with van der Waals surface area (Å²) in [6, 6.07) is 15.3. The Morgan fingerprint density at radius 2 is 1.80 bits per heavy atom. The number of benzene rings is 1. The van der Waals surface area contributed by atoms with Gasteiger partial charge in [0.25, 0.3) is 11.8 Å². The molecule has 0 fully saturated rings. The largest absolute Gasteiger partial charge is 0.359 e. The quantitative estimate of drug-likeness (QED) is 0.553. The van der Waals surface area contributed by atoms with Gasteiger partial charge in [-0.3, -0.25) is 4.98 Å². The molecule has 4 rings (SSSR count). The molecule has 4 aromatic rings. The zero-order chi connectivity index (χ0) is 17.1. The standard InChI is InChI=1S/C18H15N5O2/c1-23(18-20-17(25-22-18)13-6-3-2-4-7-13)12-15-10-16(21-24-15)14-8-5-9-19-11-14/h2-11H,12H2,1H3. The van der Waals surface area contributed by atoms with Crippen molar-refractivity contribution in [2.75, 3.05) is 11.9 Å². The molecule has 0 N–H and O–H groups in total. The van der Waals surface area contributed by atoms with E-state index in [0.717, 1.165) is 16.8 Å². The maximum Gasteiger partial charge on any atom is 0.266 e. The normalized spacial score (nSPS) is 10.8. The number of pyridine rings is 1. The molecule has 0 aliphatic rings. The molecule has 0 unspecified atom stereocenters. The number of hydrogen-bond donors (Lipinski definition) is 0. The summed E-state index contributed by atoms with van der Waals surface area (Å²) in [6.45, 7) is 0.473. The summed E-state index contributed by atoms with van der Waals surface area (Å²) in [4.78, 5) is 10.3. The highest BCUT2D eigenvalue weighted by Crippen LogP contribution is 2.22. The van der Waals surface area contributed by atoms with Gasteiger partial charge in [-0.15, -0.1) is 0 Å². The highest BCUT2D eigenvalue weighted by atomic mass is 16.5. The average Bonchev–Trinajstić information content (AvgIpc) is 3.33. The highest BCUT2D eigenvalue weighted by Gasteiger charge is 2.15. The molecule has 0 bridgehead atoms. The van der Waals surface area contributed by atoms with Gasteiger partial charge >= 0.3 is 0 Å². The van der Waals surface area contributed by atoms with E-state index in [1.807, 2.05) is 60.5 Å². The molecule has 0 atom stereocenters. The molecular formula is C18H15N5O2. The van der Waals surface area contributed by atoms with Gasteiger partial charge in [0.05, 0.1) is 6.54 Å². The highest BCUT2D eigenvalue weighted by molar-refractivity contribution is 5.57. The van der Waals surface area contributed by atoms with Crippen LogP contribution in [0.25, 0.3) is 22.7 Å². The Bertz CT molecular complexity index is 950. The van der Waals surface area contributed by atoms with E-state index in [9.17, 15) is 0 Å². The van der Waals surface area contributed by atoms with Gasteiger partial charge in [-0.25, -0.2) is 0 Å². The smallest absolute Gasteiger partial charge is 0.266 e. The van der Waals surface area contributed by atoms with Crippen molar-refractivity contribution in [1.29, 1.82) is 0 Å². The van der Waals surface area contributed by atoms with E-state index in [1.165, 1.54) is 0 Å². The number of anilines is 1. The molecule has 124 valence electrons. The first-order valence-corrected chi connectivity index (χ1v) is 7.76. The third kappa shape index (κ3) is 3.25. The fraction of sp³-hybridized carbons (Fsp3) is 0.111. The van der Waals surface area contributed by atoms with Crippen LogP contribution in [0.1, 0.15) is 5.76 Å². The van der Waals surface area contributed by atoms with Crippen molar-refractivity contribution in [3.8, 4) is 22.7 Å². The lowest BCUT2D eigenvalue weighted by Crippen LogP contribution is -2.17. The van der Waals surface area contributed by atoms with Gasteiger partial charge in [-0.2, -0.15) is 4.98 Å². The van der Waals surface area contributed by atoms with Crippen LogP contribution in [0.4, 0.5) is 5.95 Å². The van der Waals surface area contributed by atoms with Gasteiger partial charge in [0.1, 0.15) is 5.69 Å². The SMILES string of the molecule is CN(Cc1cc(-c2cccnc2)no1)c1noc(-c2ccccc2)n1. The minimum atomic E-state index is 0.473. The minimum absolute atomic E-state index is 0.473. The van der Waals surface area contributed by atoms with Crippen LogP contribution >= 0.6 is 0 Å². The summed E-state index contributed by atoms with van der Waals surface area (Å²) in [5, 5.41) is 8.10. The molecule has 3 heterocycles. The van der Waals surface area contributed by atoms with Crippen LogP contribution in [0.5, 0.6) is 0 Å². The summed E-state index contributed by atoms with van der Waals surface area (Å²) in [5.41, 5.74) is 2.54. The van der Waals surface area contributed by atoms with Crippen molar-refractivity contribution in [1.82, 2.24) is 20.3 Å². The lowest BCUT2D eigenvalue weighted by Gasteiger charge is -2.10. The van der Waals surface area contributed by atoms with Crippen LogP contribution in [0.15, 0.2) is 70.0 Å². The van der Waals surface area contributed by atoms with Crippen LogP contribution in [-0.4, -0.2) is 27.3 Å². The van der Waals surface area contributed by atoms with Crippen molar-refractivity contribution in [2.45, 2.75) is 6.54 Å². The second-order valence-corrected chi connectivity index (χ2v) is 5.54. The predicted octanol–water partition coefficient (Wildman–Crippen LogP) is 3.42. The van der Waals surface area contributed by atoms with Crippen molar-refractivity contribution in [3.63, 3.8) is 0 Å². The summed E-state index contributed by atoms with van der Waals surface area (Å²) in [5.74, 6) is 1.67. The fourth-order valence-corrected chi connectivity index (χ4v) is 2.41. The van der Waals surface area contributed by atoms with E-state index in [-0.39, 0.29) is 0 Å². The summed E-state index contributed by atoms with van der Waals surface area (Å²) in [6.07, 6.45) is 3.47. The maximum absolute atomic E-state index is 5.40. The Kier molecular flexibility index (Phi) is 3.96. The fourth-order valence-electron chi connectivity index (χ4n) is 2.41. The molecule has 0 saturated heterocycles. The topological polar surface area (TPSA) is 81.1 Å². The monoisotopic (exact) mass is 333 g/mol. The molecule has 7 nitrogen and oxygen atoms in total. The lowest BCUT2D eigenvalue weighted by molar-refractivity contribution is 0.383. The van der Waals surface area contributed by atoms with E-state index in [0.29, 0.717) is 24.1 Å². The van der Waals surface area contributed by atoms with Crippen LogP contribution < -0.4 is 4.90 Å². The summed E-state index contributed by atoms with van der Waals surface area (Å²) < 4.78 is 10.7. The molecule has 3 aromatic heterocycles. The van der Waals surface area contributed by atoms with E-state index in [4.69, 9.17) is 9.05 Å². The minimum Gasteiger partial charge on any atom is -0.359 e. The average molecular weight is 333 g/mol. The maximum atomic E-state index is 5.40. The van der Waals surface area contributed by atoms with Crippen molar-refractivity contribution >= 4 is 5.95 Å². The molecule has 1 aromatic carbocycles. The third-order valence-corrected chi connectivity index (χ3v) is 3.69.